The minimum absolute atomic E-state index is 0.126. The molecule has 4 rings (SSSR count). The van der Waals surface area contributed by atoms with Crippen molar-refractivity contribution in [3.8, 4) is 5.75 Å². The largest absolute Gasteiger partial charge is 0.486 e. The van der Waals surface area contributed by atoms with Crippen molar-refractivity contribution in [1.82, 2.24) is 14.4 Å². The molecule has 1 aromatic carbocycles. The molecule has 3 aromatic heterocycles. The number of alkyl halides is 3. The summed E-state index contributed by atoms with van der Waals surface area (Å²) in [5, 5.41) is 3.10. The molecule has 0 aliphatic carbocycles. The van der Waals surface area contributed by atoms with Gasteiger partial charge in [0.1, 0.15) is 18.0 Å². The van der Waals surface area contributed by atoms with Gasteiger partial charge in [-0.05, 0) is 30.7 Å². The van der Waals surface area contributed by atoms with Gasteiger partial charge < -0.3 is 9.14 Å². The second-order valence-electron chi connectivity index (χ2n) is 6.43. The number of amides is 1. The Kier molecular flexibility index (Phi) is 5.17. The smallest absolute Gasteiger partial charge is 0.434 e. The first kappa shape index (κ1) is 19.9. The molecule has 4 aromatic rings. The molecule has 0 saturated carbocycles. The number of fused-ring (bicyclic) bond motifs is 1. The number of imidazole rings is 1. The quantitative estimate of drug-likeness (QED) is 0.485. The molecule has 0 unspecified atom stereocenters. The van der Waals surface area contributed by atoms with E-state index in [0.717, 1.165) is 16.6 Å². The van der Waals surface area contributed by atoms with Crippen LogP contribution in [0, 0.1) is 6.92 Å². The predicted molar refractivity (Wildman–Crippen MR) is 106 cm³/mol. The first-order valence-corrected chi connectivity index (χ1v) is 9.68. The highest BCUT2D eigenvalue weighted by Crippen LogP contribution is 2.32. The van der Waals surface area contributed by atoms with Crippen molar-refractivity contribution in [1.29, 1.82) is 0 Å². The van der Waals surface area contributed by atoms with Crippen LogP contribution in [0.1, 0.15) is 27.3 Å². The van der Waals surface area contributed by atoms with E-state index in [9.17, 15) is 18.0 Å². The molecular formula is C20H15F3N4O2S. The molecule has 0 bridgehead atoms. The number of ether oxygens (including phenoxy) is 1. The van der Waals surface area contributed by atoms with Crippen LogP contribution in [-0.2, 0) is 12.8 Å². The first-order valence-electron chi connectivity index (χ1n) is 8.80. The molecule has 1 amide bonds. The van der Waals surface area contributed by atoms with E-state index in [2.05, 4.69) is 15.3 Å². The molecule has 0 saturated heterocycles. The summed E-state index contributed by atoms with van der Waals surface area (Å²) in [6, 6.07) is 10.3. The first-order chi connectivity index (χ1) is 14.3. The van der Waals surface area contributed by atoms with E-state index in [1.807, 2.05) is 35.9 Å². The lowest BCUT2D eigenvalue weighted by atomic mass is 10.2. The molecule has 30 heavy (non-hydrogen) atoms. The van der Waals surface area contributed by atoms with Crippen LogP contribution >= 0.6 is 11.3 Å². The summed E-state index contributed by atoms with van der Waals surface area (Å²) in [5.74, 6) is -0.323. The number of pyridine rings is 1. The maximum absolute atomic E-state index is 12.7. The Morgan fingerprint density at radius 1 is 1.20 bits per heavy atom. The highest BCUT2D eigenvalue weighted by molar-refractivity contribution is 7.14. The summed E-state index contributed by atoms with van der Waals surface area (Å²) in [7, 11) is 0. The fourth-order valence-corrected chi connectivity index (χ4v) is 3.54. The predicted octanol–water partition coefficient (Wildman–Crippen LogP) is 4.95. The maximum Gasteiger partial charge on any atom is 0.434 e. The Hall–Kier alpha value is -3.40. The van der Waals surface area contributed by atoms with Crippen molar-refractivity contribution in [3.05, 3.63) is 76.7 Å². The number of aromatic nitrogens is 3. The number of nitrogens with one attached hydrogen (secondary N) is 1. The number of aryl methyl sites for hydroxylation is 1. The number of hydrogen-bond donors (Lipinski definition) is 1. The topological polar surface area (TPSA) is 68.5 Å². The number of rotatable bonds is 5. The molecule has 0 aliphatic rings. The lowest BCUT2D eigenvalue weighted by Crippen LogP contribution is -2.14. The van der Waals surface area contributed by atoms with Crippen LogP contribution in [0.15, 0.2) is 54.2 Å². The number of nitrogens with zero attached hydrogens (tertiary/aromatic N) is 3. The minimum Gasteiger partial charge on any atom is -0.486 e. The molecular weight excluding hydrogens is 417 g/mol. The number of para-hydroxylation sites is 1. The third-order valence-electron chi connectivity index (χ3n) is 4.25. The number of thiazole rings is 1. The van der Waals surface area contributed by atoms with Crippen molar-refractivity contribution in [3.63, 3.8) is 0 Å². The van der Waals surface area contributed by atoms with Gasteiger partial charge in [-0.15, -0.1) is 11.3 Å². The standard InChI is InChI=1S/C20H15F3N4O2S/c1-12-5-4-8-27-9-13(24-17(12)27)10-29-15-7-3-2-6-14(15)18(28)26-19-25-16(11-30-19)20(21,22)23/h2-9,11H,10H2,1H3,(H,25,26,28). The zero-order valence-electron chi connectivity index (χ0n) is 15.6. The van der Waals surface area contributed by atoms with E-state index in [0.29, 0.717) is 17.0 Å². The van der Waals surface area contributed by atoms with Crippen molar-refractivity contribution in [2.75, 3.05) is 5.32 Å². The molecule has 0 spiro atoms. The monoisotopic (exact) mass is 432 g/mol. The van der Waals surface area contributed by atoms with E-state index < -0.39 is 17.8 Å². The summed E-state index contributed by atoms with van der Waals surface area (Å²) in [6.07, 6.45) is -0.852. The molecule has 0 aliphatic heterocycles. The van der Waals surface area contributed by atoms with Crippen LogP contribution < -0.4 is 10.1 Å². The highest BCUT2D eigenvalue weighted by Gasteiger charge is 2.34. The molecule has 1 N–H and O–H groups in total. The lowest BCUT2D eigenvalue weighted by Gasteiger charge is -2.10. The molecule has 0 radical (unpaired) electrons. The SMILES string of the molecule is Cc1cccn2cc(COc3ccccc3C(=O)Nc3nc(C(F)(F)F)cs3)nc12. The van der Waals surface area contributed by atoms with Crippen molar-refractivity contribution in [2.24, 2.45) is 0 Å². The molecule has 154 valence electrons. The van der Waals surface area contributed by atoms with Gasteiger partial charge in [-0.1, -0.05) is 18.2 Å². The van der Waals surface area contributed by atoms with Gasteiger partial charge in [-0.3, -0.25) is 10.1 Å². The number of halogens is 3. The van der Waals surface area contributed by atoms with Gasteiger partial charge in [0.2, 0.25) is 0 Å². The fraction of sp³-hybridized carbons (Fsp3) is 0.150. The highest BCUT2D eigenvalue weighted by atomic mass is 32.1. The molecule has 3 heterocycles. The van der Waals surface area contributed by atoms with Crippen LogP contribution in [0.25, 0.3) is 5.65 Å². The van der Waals surface area contributed by atoms with E-state index in [1.54, 1.807) is 18.2 Å². The van der Waals surface area contributed by atoms with Gasteiger partial charge in [0.15, 0.2) is 10.8 Å². The molecule has 10 heteroatoms. The van der Waals surface area contributed by atoms with Crippen LogP contribution in [0.5, 0.6) is 5.75 Å². The van der Waals surface area contributed by atoms with Gasteiger partial charge in [0.25, 0.3) is 5.91 Å². The van der Waals surface area contributed by atoms with E-state index in [1.165, 1.54) is 6.07 Å². The Morgan fingerprint density at radius 2 is 2.00 bits per heavy atom. The summed E-state index contributed by atoms with van der Waals surface area (Å²) in [4.78, 5) is 20.5. The normalized spacial score (nSPS) is 11.6. The zero-order chi connectivity index (χ0) is 21.3. The summed E-state index contributed by atoms with van der Waals surface area (Å²) in [6.45, 7) is 2.08. The Balaban J connectivity index is 1.49. The summed E-state index contributed by atoms with van der Waals surface area (Å²) >= 11 is 0.703. The molecule has 6 nitrogen and oxygen atoms in total. The second kappa shape index (κ2) is 7.79. The number of anilines is 1. The van der Waals surface area contributed by atoms with E-state index >= 15 is 0 Å². The third-order valence-corrected chi connectivity index (χ3v) is 5.01. The Labute approximate surface area is 173 Å². The molecule has 0 atom stereocenters. The van der Waals surface area contributed by atoms with Crippen LogP contribution in [0.4, 0.5) is 18.3 Å². The Morgan fingerprint density at radius 3 is 2.73 bits per heavy atom. The van der Waals surface area contributed by atoms with Gasteiger partial charge in [-0.2, -0.15) is 13.2 Å². The minimum atomic E-state index is -4.56. The van der Waals surface area contributed by atoms with Gasteiger partial charge in [0, 0.05) is 17.8 Å². The van der Waals surface area contributed by atoms with Crippen molar-refractivity contribution in [2.45, 2.75) is 19.7 Å². The zero-order valence-corrected chi connectivity index (χ0v) is 16.4. The van der Waals surface area contributed by atoms with E-state index in [-0.39, 0.29) is 23.1 Å². The van der Waals surface area contributed by atoms with Crippen LogP contribution in [0.2, 0.25) is 0 Å². The van der Waals surface area contributed by atoms with Crippen molar-refractivity contribution < 1.29 is 22.7 Å². The average molecular weight is 432 g/mol. The third kappa shape index (κ3) is 4.13. The molecule has 0 fully saturated rings. The van der Waals surface area contributed by atoms with Gasteiger partial charge in [-0.25, -0.2) is 9.97 Å². The number of benzene rings is 1. The summed E-state index contributed by atoms with van der Waals surface area (Å²) in [5.41, 5.74) is 1.64. The number of hydrogen-bond acceptors (Lipinski definition) is 5. The van der Waals surface area contributed by atoms with Gasteiger partial charge >= 0.3 is 6.18 Å². The van der Waals surface area contributed by atoms with Gasteiger partial charge in [0.05, 0.1) is 11.3 Å². The maximum atomic E-state index is 12.7. The second-order valence-corrected chi connectivity index (χ2v) is 7.29. The van der Waals surface area contributed by atoms with Crippen LogP contribution in [-0.4, -0.2) is 20.3 Å². The van der Waals surface area contributed by atoms with Crippen LogP contribution in [0.3, 0.4) is 0 Å². The fourth-order valence-electron chi connectivity index (χ4n) is 2.83. The van der Waals surface area contributed by atoms with E-state index in [4.69, 9.17) is 4.74 Å². The Bertz CT molecular complexity index is 1220. The summed E-state index contributed by atoms with van der Waals surface area (Å²) < 4.78 is 45.7. The lowest BCUT2D eigenvalue weighted by molar-refractivity contribution is -0.140. The average Bonchev–Trinajstić information content (AvgIpc) is 3.34. The number of carbonyl (C=O) groups is 1. The number of carbonyl (C=O) groups excluding carboxylic acids is 1. The van der Waals surface area contributed by atoms with Crippen molar-refractivity contribution >= 4 is 28.0 Å².